The summed E-state index contributed by atoms with van der Waals surface area (Å²) in [5.74, 6) is -2.05. The molecule has 132 valence electrons. The first-order chi connectivity index (χ1) is 10.5. The minimum Gasteiger partial charge on any atom is -0.480 e. The molecule has 1 aliphatic heterocycles. The van der Waals surface area contributed by atoms with Crippen molar-refractivity contribution in [1.29, 1.82) is 0 Å². The monoisotopic (exact) mass is 332 g/mol. The van der Waals surface area contributed by atoms with E-state index < -0.39 is 35.5 Å². The number of nitrogens with zero attached hydrogens (tertiary/aromatic N) is 1. The van der Waals surface area contributed by atoms with Crippen molar-refractivity contribution >= 4 is 23.9 Å². The lowest BCUT2D eigenvalue weighted by molar-refractivity contribution is -0.171. The number of nitrogens with one attached hydrogen (secondary N) is 1. The van der Waals surface area contributed by atoms with Crippen LogP contribution in [0.15, 0.2) is 0 Å². The number of alkyl carbamates (subject to hydrolysis) is 1. The van der Waals surface area contributed by atoms with Crippen molar-refractivity contribution in [1.82, 2.24) is 10.4 Å². The van der Waals surface area contributed by atoms with E-state index in [0.29, 0.717) is 12.8 Å². The lowest BCUT2D eigenvalue weighted by Gasteiger charge is -2.21. The molecular formula is C14H24N2O7. The molecule has 1 atom stereocenters. The fourth-order valence-electron chi connectivity index (χ4n) is 1.56. The Morgan fingerprint density at radius 2 is 1.74 bits per heavy atom. The van der Waals surface area contributed by atoms with Gasteiger partial charge >= 0.3 is 12.1 Å². The third-order valence-electron chi connectivity index (χ3n) is 2.59. The topological polar surface area (TPSA) is 133 Å². The van der Waals surface area contributed by atoms with Crippen LogP contribution in [0.2, 0.25) is 0 Å². The average Bonchev–Trinajstić information content (AvgIpc) is 2.68. The van der Waals surface area contributed by atoms with Gasteiger partial charge in [0.05, 0.1) is 0 Å². The first-order valence-corrected chi connectivity index (χ1v) is 7.25. The highest BCUT2D eigenvalue weighted by Gasteiger charge is 2.26. The quantitative estimate of drug-likeness (QED) is 0.521. The summed E-state index contributed by atoms with van der Waals surface area (Å²) >= 11 is 0. The summed E-state index contributed by atoms with van der Waals surface area (Å²) in [7, 11) is 0. The zero-order valence-corrected chi connectivity index (χ0v) is 13.8. The fourth-order valence-corrected chi connectivity index (χ4v) is 1.56. The SMILES string of the molecule is CCCC(NC(=O)OC(C)(C)C)C(=O)O.O=C1CCC(=O)N1O. The van der Waals surface area contributed by atoms with Crippen LogP contribution in [-0.2, 0) is 19.1 Å². The number of aliphatic carboxylic acids is 1. The van der Waals surface area contributed by atoms with E-state index in [0.717, 1.165) is 0 Å². The van der Waals surface area contributed by atoms with E-state index in [4.69, 9.17) is 15.1 Å². The van der Waals surface area contributed by atoms with Gasteiger partial charge < -0.3 is 15.2 Å². The molecule has 0 bridgehead atoms. The van der Waals surface area contributed by atoms with Crippen LogP contribution in [0.4, 0.5) is 4.79 Å². The highest BCUT2D eigenvalue weighted by Crippen LogP contribution is 2.08. The predicted molar refractivity (Wildman–Crippen MR) is 78.6 cm³/mol. The van der Waals surface area contributed by atoms with E-state index in [1.807, 2.05) is 6.92 Å². The Hall–Kier alpha value is -2.16. The third-order valence-corrected chi connectivity index (χ3v) is 2.59. The van der Waals surface area contributed by atoms with Crippen molar-refractivity contribution in [3.63, 3.8) is 0 Å². The minimum absolute atomic E-state index is 0.148. The van der Waals surface area contributed by atoms with Crippen molar-refractivity contribution in [2.75, 3.05) is 0 Å². The fraction of sp³-hybridized carbons (Fsp3) is 0.714. The summed E-state index contributed by atoms with van der Waals surface area (Å²) in [5.41, 5.74) is -0.612. The van der Waals surface area contributed by atoms with Crippen LogP contribution in [0, 0.1) is 0 Å². The zero-order valence-electron chi connectivity index (χ0n) is 13.8. The van der Waals surface area contributed by atoms with Gasteiger partial charge in [0.15, 0.2) is 0 Å². The van der Waals surface area contributed by atoms with Crippen LogP contribution in [0.25, 0.3) is 0 Å². The molecule has 3 N–H and O–H groups in total. The summed E-state index contributed by atoms with van der Waals surface area (Å²) < 4.78 is 4.95. The normalized spacial score (nSPS) is 15.6. The van der Waals surface area contributed by atoms with Crippen LogP contribution in [0.1, 0.15) is 53.4 Å². The number of carbonyl (C=O) groups excluding carboxylic acids is 3. The second-order valence-electron chi connectivity index (χ2n) is 5.93. The maximum atomic E-state index is 11.3. The van der Waals surface area contributed by atoms with Crippen LogP contribution >= 0.6 is 0 Å². The molecule has 1 fully saturated rings. The molecule has 9 heteroatoms. The molecule has 0 saturated carbocycles. The summed E-state index contributed by atoms with van der Waals surface area (Å²) in [5, 5.41) is 19.7. The minimum atomic E-state index is -1.04. The molecule has 0 radical (unpaired) electrons. The van der Waals surface area contributed by atoms with Gasteiger partial charge in [0.25, 0.3) is 11.8 Å². The van der Waals surface area contributed by atoms with Gasteiger partial charge in [0.1, 0.15) is 11.6 Å². The smallest absolute Gasteiger partial charge is 0.408 e. The molecule has 0 aromatic carbocycles. The second-order valence-corrected chi connectivity index (χ2v) is 5.93. The van der Waals surface area contributed by atoms with Crippen LogP contribution < -0.4 is 5.32 Å². The maximum absolute atomic E-state index is 11.3. The number of imide groups is 1. The molecule has 0 aromatic rings. The number of hydrogen-bond donors (Lipinski definition) is 3. The van der Waals surface area contributed by atoms with Crippen molar-refractivity contribution in [2.45, 2.75) is 65.0 Å². The standard InChI is InChI=1S/C10H19NO4.C4H5NO3/c1-5-6-7(8(12)13)11-9(14)15-10(2,3)4;6-3-1-2-4(7)5(3)8/h7H,5-6H2,1-4H3,(H,11,14)(H,12,13);8H,1-2H2. The largest absolute Gasteiger partial charge is 0.480 e. The summed E-state index contributed by atoms with van der Waals surface area (Å²) in [4.78, 5) is 42.5. The van der Waals surface area contributed by atoms with Crippen LogP contribution in [0.5, 0.6) is 0 Å². The van der Waals surface area contributed by atoms with Crippen LogP contribution in [-0.4, -0.2) is 50.9 Å². The van der Waals surface area contributed by atoms with Gasteiger partial charge in [-0.05, 0) is 27.2 Å². The van der Waals surface area contributed by atoms with E-state index in [1.165, 1.54) is 0 Å². The molecule has 0 aliphatic carbocycles. The highest BCUT2D eigenvalue weighted by atomic mass is 16.6. The maximum Gasteiger partial charge on any atom is 0.408 e. The Bertz CT molecular complexity index is 441. The van der Waals surface area contributed by atoms with Crippen LogP contribution in [0.3, 0.4) is 0 Å². The van der Waals surface area contributed by atoms with E-state index in [9.17, 15) is 19.2 Å². The number of amides is 3. The Morgan fingerprint density at radius 1 is 1.26 bits per heavy atom. The Labute approximate surface area is 134 Å². The molecule has 1 rings (SSSR count). The molecule has 0 aromatic heterocycles. The van der Waals surface area contributed by atoms with Crippen molar-refractivity contribution in [3.8, 4) is 0 Å². The first kappa shape index (κ1) is 20.8. The number of rotatable bonds is 4. The Kier molecular flexibility index (Phi) is 8.23. The van der Waals surface area contributed by atoms with E-state index in [-0.39, 0.29) is 17.9 Å². The number of ether oxygens (including phenoxy) is 1. The average molecular weight is 332 g/mol. The number of hydroxylamine groups is 2. The Morgan fingerprint density at radius 3 is 2.00 bits per heavy atom. The number of carbonyl (C=O) groups is 4. The first-order valence-electron chi connectivity index (χ1n) is 7.25. The van der Waals surface area contributed by atoms with Gasteiger partial charge in [0.2, 0.25) is 0 Å². The summed E-state index contributed by atoms with van der Waals surface area (Å²) in [6.07, 6.45) is 0.690. The van der Waals surface area contributed by atoms with Gasteiger partial charge in [-0.25, -0.2) is 9.59 Å². The van der Waals surface area contributed by atoms with Gasteiger partial charge in [-0.3, -0.25) is 14.8 Å². The molecule has 9 nitrogen and oxygen atoms in total. The number of carboxylic acid groups (broad SMARTS) is 1. The molecule has 1 aliphatic rings. The van der Waals surface area contributed by atoms with E-state index in [2.05, 4.69) is 5.32 Å². The Balaban J connectivity index is 0.000000502. The van der Waals surface area contributed by atoms with Crippen molar-refractivity contribution in [2.24, 2.45) is 0 Å². The molecule has 1 heterocycles. The van der Waals surface area contributed by atoms with Gasteiger partial charge in [-0.15, -0.1) is 0 Å². The molecule has 1 unspecified atom stereocenters. The number of hydrogen-bond acceptors (Lipinski definition) is 6. The molecule has 1 saturated heterocycles. The van der Waals surface area contributed by atoms with Crippen molar-refractivity contribution < 1.29 is 34.2 Å². The van der Waals surface area contributed by atoms with E-state index in [1.54, 1.807) is 20.8 Å². The third kappa shape index (κ3) is 8.77. The molecule has 23 heavy (non-hydrogen) atoms. The van der Waals surface area contributed by atoms with Gasteiger partial charge in [-0.1, -0.05) is 13.3 Å². The van der Waals surface area contributed by atoms with E-state index >= 15 is 0 Å². The van der Waals surface area contributed by atoms with Gasteiger partial charge in [-0.2, -0.15) is 5.06 Å². The van der Waals surface area contributed by atoms with Crippen molar-refractivity contribution in [3.05, 3.63) is 0 Å². The molecule has 0 spiro atoms. The molecular weight excluding hydrogens is 308 g/mol. The molecule has 3 amide bonds. The summed E-state index contributed by atoms with van der Waals surface area (Å²) in [6, 6.07) is -0.871. The number of carboxylic acids is 1. The zero-order chi connectivity index (χ0) is 18.2. The second kappa shape index (κ2) is 9.09. The lowest BCUT2D eigenvalue weighted by atomic mass is 10.2. The summed E-state index contributed by atoms with van der Waals surface area (Å²) in [6.45, 7) is 7.03. The highest BCUT2D eigenvalue weighted by molar-refractivity contribution is 6.00. The van der Waals surface area contributed by atoms with Gasteiger partial charge in [0, 0.05) is 12.8 Å². The lowest BCUT2D eigenvalue weighted by Crippen LogP contribution is -2.43. The predicted octanol–water partition coefficient (Wildman–Crippen LogP) is 1.29.